The summed E-state index contributed by atoms with van der Waals surface area (Å²) in [6, 6.07) is -0.221. The van der Waals surface area contributed by atoms with Crippen LogP contribution in [0, 0.1) is 0 Å². The van der Waals surface area contributed by atoms with Gasteiger partial charge in [0, 0.05) is 19.8 Å². The lowest BCUT2D eigenvalue weighted by atomic mass is 10.4. The molecule has 0 spiro atoms. The second-order valence-electron chi connectivity index (χ2n) is 2.15. The number of nitrogens with one attached hydrogen (secondary N) is 2. The summed E-state index contributed by atoms with van der Waals surface area (Å²) in [6.07, 6.45) is 2.18. The number of carbonyl (C=O) groups excluding carboxylic acids is 1. The molecule has 4 heteroatoms. The van der Waals surface area contributed by atoms with E-state index in [2.05, 4.69) is 17.2 Å². The molecule has 0 aromatic heterocycles. The quantitative estimate of drug-likeness (QED) is 0.584. The standard InChI is InChI=1S/C8H16N2O2/c1-3-9-8(11)10-6-5-7-12-4-2/h3H,1,4-7H2,2H3,(H2,9,10,11). The molecule has 0 aromatic carbocycles. The molecule has 4 nitrogen and oxygen atoms in total. The van der Waals surface area contributed by atoms with Crippen LogP contribution in [0.15, 0.2) is 12.8 Å². The van der Waals surface area contributed by atoms with E-state index in [-0.39, 0.29) is 6.03 Å². The molecule has 0 atom stereocenters. The Labute approximate surface area is 73.0 Å². The first-order chi connectivity index (χ1) is 5.81. The average molecular weight is 172 g/mol. The van der Waals surface area contributed by atoms with Crippen molar-refractivity contribution in [3.05, 3.63) is 12.8 Å². The van der Waals surface area contributed by atoms with Crippen molar-refractivity contribution in [3.8, 4) is 0 Å². The van der Waals surface area contributed by atoms with E-state index in [0.29, 0.717) is 13.2 Å². The number of carbonyl (C=O) groups is 1. The minimum Gasteiger partial charge on any atom is -0.382 e. The van der Waals surface area contributed by atoms with Crippen molar-refractivity contribution in [3.63, 3.8) is 0 Å². The molecule has 0 rings (SSSR count). The van der Waals surface area contributed by atoms with Crippen LogP contribution >= 0.6 is 0 Å². The third-order valence-electron chi connectivity index (χ3n) is 1.19. The zero-order chi connectivity index (χ0) is 9.23. The second kappa shape index (κ2) is 8.07. The Balaban J connectivity index is 3.08. The van der Waals surface area contributed by atoms with E-state index in [1.807, 2.05) is 6.92 Å². The van der Waals surface area contributed by atoms with Crippen LogP contribution < -0.4 is 10.6 Å². The third kappa shape index (κ3) is 7.08. The molecule has 0 unspecified atom stereocenters. The second-order valence-corrected chi connectivity index (χ2v) is 2.15. The van der Waals surface area contributed by atoms with E-state index >= 15 is 0 Å². The van der Waals surface area contributed by atoms with Crippen molar-refractivity contribution in [2.24, 2.45) is 0 Å². The van der Waals surface area contributed by atoms with Crippen molar-refractivity contribution in [2.45, 2.75) is 13.3 Å². The number of rotatable bonds is 6. The molecule has 2 N–H and O–H groups in total. The Morgan fingerprint density at radius 3 is 3.00 bits per heavy atom. The molecule has 2 amide bonds. The van der Waals surface area contributed by atoms with Crippen LogP contribution in [-0.2, 0) is 4.74 Å². The Hall–Kier alpha value is -1.03. The molecule has 0 saturated carbocycles. The lowest BCUT2D eigenvalue weighted by Crippen LogP contribution is -2.32. The molecule has 0 fully saturated rings. The number of urea groups is 1. The van der Waals surface area contributed by atoms with Gasteiger partial charge < -0.3 is 15.4 Å². The topological polar surface area (TPSA) is 50.4 Å². The van der Waals surface area contributed by atoms with Gasteiger partial charge in [0.15, 0.2) is 0 Å². The fraction of sp³-hybridized carbons (Fsp3) is 0.625. The van der Waals surface area contributed by atoms with Gasteiger partial charge in [-0.1, -0.05) is 6.58 Å². The van der Waals surface area contributed by atoms with E-state index in [0.717, 1.165) is 13.0 Å². The van der Waals surface area contributed by atoms with Gasteiger partial charge in [0.05, 0.1) is 0 Å². The summed E-state index contributed by atoms with van der Waals surface area (Å²) in [7, 11) is 0. The Morgan fingerprint density at radius 1 is 1.67 bits per heavy atom. The summed E-state index contributed by atoms with van der Waals surface area (Å²) in [4.78, 5) is 10.7. The van der Waals surface area contributed by atoms with Gasteiger partial charge in [-0.25, -0.2) is 4.79 Å². The highest BCUT2D eigenvalue weighted by Crippen LogP contribution is 1.79. The number of hydrogen-bond acceptors (Lipinski definition) is 2. The molecule has 0 aromatic rings. The first-order valence-corrected chi connectivity index (χ1v) is 4.04. The molecule has 70 valence electrons. The maximum Gasteiger partial charge on any atom is 0.318 e. The van der Waals surface area contributed by atoms with Crippen molar-refractivity contribution >= 4 is 6.03 Å². The van der Waals surface area contributed by atoms with Crippen molar-refractivity contribution in [1.29, 1.82) is 0 Å². The molecule has 0 heterocycles. The zero-order valence-corrected chi connectivity index (χ0v) is 7.43. The fourth-order valence-electron chi connectivity index (χ4n) is 0.664. The summed E-state index contributed by atoms with van der Waals surface area (Å²) in [5, 5.41) is 5.05. The lowest BCUT2D eigenvalue weighted by molar-refractivity contribution is 0.145. The maximum atomic E-state index is 10.7. The van der Waals surface area contributed by atoms with E-state index in [1.54, 1.807) is 0 Å². The van der Waals surface area contributed by atoms with Gasteiger partial charge in [-0.3, -0.25) is 0 Å². The van der Waals surface area contributed by atoms with Crippen LogP contribution in [0.5, 0.6) is 0 Å². The van der Waals surface area contributed by atoms with Gasteiger partial charge in [0.1, 0.15) is 0 Å². The Kier molecular flexibility index (Phi) is 7.38. The summed E-state index contributed by atoms with van der Waals surface area (Å²) in [5.74, 6) is 0. The highest BCUT2D eigenvalue weighted by atomic mass is 16.5. The molecular weight excluding hydrogens is 156 g/mol. The van der Waals surface area contributed by atoms with Gasteiger partial charge in [-0.15, -0.1) is 0 Å². The summed E-state index contributed by atoms with van der Waals surface area (Å²) in [5.41, 5.74) is 0. The van der Waals surface area contributed by atoms with Crippen LogP contribution in [-0.4, -0.2) is 25.8 Å². The smallest absolute Gasteiger partial charge is 0.318 e. The van der Waals surface area contributed by atoms with Gasteiger partial charge >= 0.3 is 6.03 Å². The highest BCUT2D eigenvalue weighted by Gasteiger charge is 1.93. The van der Waals surface area contributed by atoms with E-state index < -0.39 is 0 Å². The third-order valence-corrected chi connectivity index (χ3v) is 1.19. The van der Waals surface area contributed by atoms with Crippen LogP contribution in [0.25, 0.3) is 0 Å². The van der Waals surface area contributed by atoms with Crippen molar-refractivity contribution < 1.29 is 9.53 Å². The van der Waals surface area contributed by atoms with Crippen LogP contribution in [0.2, 0.25) is 0 Å². The minimum atomic E-state index is -0.221. The summed E-state index contributed by atoms with van der Waals surface area (Å²) < 4.78 is 5.08. The predicted octanol–water partition coefficient (Wildman–Crippen LogP) is 0.856. The lowest BCUT2D eigenvalue weighted by Gasteiger charge is -2.03. The predicted molar refractivity (Wildman–Crippen MR) is 47.8 cm³/mol. The molecule has 0 radical (unpaired) electrons. The van der Waals surface area contributed by atoms with Crippen LogP contribution in [0.4, 0.5) is 4.79 Å². The van der Waals surface area contributed by atoms with Gasteiger partial charge in [-0.05, 0) is 19.5 Å². The normalized spacial score (nSPS) is 9.08. The number of ether oxygens (including phenoxy) is 1. The molecular formula is C8H16N2O2. The zero-order valence-electron chi connectivity index (χ0n) is 7.43. The van der Waals surface area contributed by atoms with Crippen LogP contribution in [0.1, 0.15) is 13.3 Å². The van der Waals surface area contributed by atoms with Gasteiger partial charge in [-0.2, -0.15) is 0 Å². The van der Waals surface area contributed by atoms with E-state index in [9.17, 15) is 4.79 Å². The average Bonchev–Trinajstić information content (AvgIpc) is 2.05. The molecule has 0 bridgehead atoms. The SMILES string of the molecule is C=CNC(=O)NCCCOCC. The molecule has 12 heavy (non-hydrogen) atoms. The molecule has 0 aliphatic carbocycles. The van der Waals surface area contributed by atoms with Crippen molar-refractivity contribution in [1.82, 2.24) is 10.6 Å². The Morgan fingerprint density at radius 2 is 2.42 bits per heavy atom. The molecule has 0 aliphatic heterocycles. The van der Waals surface area contributed by atoms with Crippen LogP contribution in [0.3, 0.4) is 0 Å². The number of hydrogen-bond donors (Lipinski definition) is 2. The number of amides is 2. The summed E-state index contributed by atoms with van der Waals surface area (Å²) >= 11 is 0. The molecule has 0 aliphatic rings. The summed E-state index contributed by atoms with van der Waals surface area (Å²) in [6.45, 7) is 7.34. The van der Waals surface area contributed by atoms with Crippen molar-refractivity contribution in [2.75, 3.05) is 19.8 Å². The largest absolute Gasteiger partial charge is 0.382 e. The molecule has 0 saturated heterocycles. The van der Waals surface area contributed by atoms with Gasteiger partial charge in [0.2, 0.25) is 0 Å². The Bertz CT molecular complexity index is 137. The van der Waals surface area contributed by atoms with E-state index in [4.69, 9.17) is 4.74 Å². The fourth-order valence-corrected chi connectivity index (χ4v) is 0.664. The van der Waals surface area contributed by atoms with E-state index in [1.165, 1.54) is 6.20 Å². The minimum absolute atomic E-state index is 0.221. The maximum absolute atomic E-state index is 10.7. The van der Waals surface area contributed by atoms with Gasteiger partial charge in [0.25, 0.3) is 0 Å². The first kappa shape index (κ1) is 11.0. The highest BCUT2D eigenvalue weighted by molar-refractivity contribution is 5.74. The monoisotopic (exact) mass is 172 g/mol. The first-order valence-electron chi connectivity index (χ1n) is 4.04.